The Morgan fingerprint density at radius 3 is 1.02 bits per heavy atom. The van der Waals surface area contributed by atoms with Crippen molar-refractivity contribution in [2.45, 2.75) is 79.5 Å². The molecule has 0 aliphatic rings. The zero-order valence-corrected chi connectivity index (χ0v) is 25.8. The van der Waals surface area contributed by atoms with E-state index in [1.807, 2.05) is 0 Å². The number of alkyl halides is 3. The van der Waals surface area contributed by atoms with Crippen LogP contribution in [-0.4, -0.2) is 38.3 Å². The molecule has 0 bridgehead atoms. The first-order valence-electron chi connectivity index (χ1n) is 13.9. The first-order valence-corrected chi connectivity index (χ1v) is 16.6. The van der Waals surface area contributed by atoms with Gasteiger partial charge in [0.05, 0.1) is 30.7 Å². The Balaban J connectivity index is 0.000000675. The Labute approximate surface area is 250 Å². The van der Waals surface area contributed by atoms with Gasteiger partial charge in [-0.15, -0.1) is 0 Å². The van der Waals surface area contributed by atoms with Gasteiger partial charge in [0, 0.05) is 0 Å². The summed E-state index contributed by atoms with van der Waals surface area (Å²) in [6.07, 6.45) is 6.63. The van der Waals surface area contributed by atoms with Crippen molar-refractivity contribution < 1.29 is 40.4 Å². The number of hydrogen-bond acceptors (Lipinski definition) is 6. The Morgan fingerprint density at radius 2 is 0.833 bits per heavy atom. The lowest BCUT2D eigenvalue weighted by Gasteiger charge is -2.11. The van der Waals surface area contributed by atoms with Crippen molar-refractivity contribution in [1.82, 2.24) is 0 Å². The highest BCUT2D eigenvalue weighted by Gasteiger charge is 2.37. The molecule has 3 rings (SSSR count). The van der Waals surface area contributed by atoms with Crippen LogP contribution in [0.2, 0.25) is 0 Å². The van der Waals surface area contributed by atoms with Gasteiger partial charge in [0.15, 0.2) is 24.8 Å². The Kier molecular flexibility index (Phi) is 15.1. The molecule has 0 atom stereocenters. The molecule has 0 saturated carbocycles. The topological polar surface area (TPSA) is 84.9 Å². The van der Waals surface area contributed by atoms with Crippen LogP contribution in [0.25, 0.3) is 0 Å². The quantitative estimate of drug-likeness (QED) is 0.0728. The Hall–Kier alpha value is -2.89. The summed E-state index contributed by atoms with van der Waals surface area (Å²) in [6.45, 7) is 8.83. The fourth-order valence-corrected chi connectivity index (χ4v) is 5.47. The van der Waals surface area contributed by atoms with Crippen molar-refractivity contribution in [2.75, 3.05) is 19.8 Å². The van der Waals surface area contributed by atoms with E-state index in [1.54, 1.807) is 0 Å². The summed E-state index contributed by atoms with van der Waals surface area (Å²) in [5.41, 5.74) is -5.65. The van der Waals surface area contributed by atoms with E-state index in [4.69, 9.17) is 27.2 Å². The number of ether oxygens (including phenoxy) is 3. The van der Waals surface area contributed by atoms with E-state index in [0.29, 0.717) is 0 Å². The van der Waals surface area contributed by atoms with Crippen molar-refractivity contribution in [3.8, 4) is 17.2 Å². The van der Waals surface area contributed by atoms with Gasteiger partial charge in [-0.2, -0.15) is 13.2 Å². The third kappa shape index (κ3) is 12.1. The molecule has 0 heterocycles. The van der Waals surface area contributed by atoms with Crippen molar-refractivity contribution in [2.24, 2.45) is 0 Å². The largest absolute Gasteiger partial charge is 0.741 e. The second kappa shape index (κ2) is 17.9. The molecule has 6 nitrogen and oxygen atoms in total. The van der Waals surface area contributed by atoms with E-state index in [0.717, 1.165) is 75.6 Å². The smallest absolute Gasteiger partial charge is 0.485 e. The van der Waals surface area contributed by atoms with Crippen LogP contribution in [0.5, 0.6) is 17.2 Å². The maximum Gasteiger partial charge on any atom is 0.485 e. The zero-order chi connectivity index (χ0) is 31.0. The molecule has 0 radical (unpaired) electrons. The minimum absolute atomic E-state index is 0.228. The number of rotatable bonds is 15. The normalized spacial score (nSPS) is 11.5. The molecular weight excluding hydrogens is 589 g/mol. The highest BCUT2D eigenvalue weighted by molar-refractivity contribution is 7.97. The van der Waals surface area contributed by atoms with Gasteiger partial charge in [0.2, 0.25) is 0 Å². The van der Waals surface area contributed by atoms with Crippen LogP contribution in [0.4, 0.5) is 13.2 Å². The SMILES string of the molecule is CCCCOc1ccc([S+](c2ccc(OCCCC)cc2)c2ccc(OCCCC)cc2)cc1.O=S(=O)([O-])C(F)(F)F. The van der Waals surface area contributed by atoms with Gasteiger partial charge >= 0.3 is 5.51 Å². The van der Waals surface area contributed by atoms with E-state index in [1.165, 1.54) is 14.7 Å². The number of halogens is 3. The monoisotopic (exact) mass is 628 g/mol. The fraction of sp³-hybridized carbons (Fsp3) is 0.419. The van der Waals surface area contributed by atoms with Crippen molar-refractivity contribution in [3.05, 3.63) is 72.8 Å². The lowest BCUT2D eigenvalue weighted by molar-refractivity contribution is -0.0517. The van der Waals surface area contributed by atoms with Crippen molar-refractivity contribution >= 4 is 21.0 Å². The average Bonchev–Trinajstić information content (AvgIpc) is 2.95. The maximum atomic E-state index is 10.7. The van der Waals surface area contributed by atoms with Crippen LogP contribution in [-0.2, 0) is 21.0 Å². The standard InChI is InChI=1S/C30H39O3S.CHF3O3S/c1-4-7-22-31-25-10-16-28(17-11-25)34(29-18-12-26(13-19-29)32-23-8-5-2)30-20-14-27(15-21-30)33-24-9-6-3;2-1(3,4)8(5,6)7/h10-21H,4-9,22-24H2,1-3H3;(H,5,6,7)/q+1;/p-1. The minimum Gasteiger partial charge on any atom is -0.741 e. The number of benzene rings is 3. The molecule has 42 heavy (non-hydrogen) atoms. The van der Waals surface area contributed by atoms with Crippen LogP contribution in [0.3, 0.4) is 0 Å². The highest BCUT2D eigenvalue weighted by Crippen LogP contribution is 2.34. The van der Waals surface area contributed by atoms with Crippen LogP contribution >= 0.6 is 0 Å². The van der Waals surface area contributed by atoms with Crippen molar-refractivity contribution in [1.29, 1.82) is 0 Å². The lowest BCUT2D eigenvalue weighted by Crippen LogP contribution is -2.21. The second-order valence-corrected chi connectivity index (χ2v) is 12.6. The molecule has 232 valence electrons. The summed E-state index contributed by atoms with van der Waals surface area (Å²) in [5.74, 6) is 2.79. The summed E-state index contributed by atoms with van der Waals surface area (Å²) in [4.78, 5) is 3.80. The first-order chi connectivity index (χ1) is 20.0. The molecule has 0 saturated heterocycles. The van der Waals surface area contributed by atoms with Crippen LogP contribution in [0.1, 0.15) is 59.3 Å². The van der Waals surface area contributed by atoms with E-state index in [9.17, 15) is 13.2 Å². The summed E-state index contributed by atoms with van der Waals surface area (Å²) < 4.78 is 76.6. The fourth-order valence-electron chi connectivity index (χ4n) is 3.43. The van der Waals surface area contributed by atoms with Gasteiger partial charge in [-0.3, -0.25) is 0 Å². The second-order valence-electron chi connectivity index (χ2n) is 9.23. The highest BCUT2D eigenvalue weighted by atomic mass is 32.2. The number of hydrogen-bond donors (Lipinski definition) is 0. The van der Waals surface area contributed by atoms with Crippen LogP contribution in [0, 0.1) is 0 Å². The molecule has 0 spiro atoms. The molecule has 3 aromatic carbocycles. The Morgan fingerprint density at radius 1 is 0.595 bits per heavy atom. The molecule has 0 aliphatic heterocycles. The molecule has 0 fully saturated rings. The van der Waals surface area contributed by atoms with Gasteiger partial charge in [0.25, 0.3) is 0 Å². The molecule has 0 amide bonds. The molecule has 0 aliphatic carbocycles. The molecular formula is C31H39F3O6S2. The van der Waals surface area contributed by atoms with E-state index >= 15 is 0 Å². The zero-order valence-electron chi connectivity index (χ0n) is 24.2. The van der Waals surface area contributed by atoms with Crippen LogP contribution in [0.15, 0.2) is 87.5 Å². The third-order valence-corrected chi connectivity index (χ3v) is 8.56. The maximum absolute atomic E-state index is 10.7. The first kappa shape index (κ1) is 35.3. The van der Waals surface area contributed by atoms with Gasteiger partial charge < -0.3 is 18.8 Å². The predicted octanol–water partition coefficient (Wildman–Crippen LogP) is 8.37. The minimum atomic E-state index is -6.09. The summed E-state index contributed by atoms with van der Waals surface area (Å²) in [7, 11) is -6.32. The lowest BCUT2D eigenvalue weighted by atomic mass is 10.3. The molecule has 11 heteroatoms. The third-order valence-electron chi connectivity index (χ3n) is 5.76. The predicted molar refractivity (Wildman–Crippen MR) is 158 cm³/mol. The molecule has 3 aromatic rings. The number of unbranched alkanes of at least 4 members (excludes halogenated alkanes) is 3. The van der Waals surface area contributed by atoms with Crippen molar-refractivity contribution in [3.63, 3.8) is 0 Å². The van der Waals surface area contributed by atoms with Gasteiger partial charge in [-0.25, -0.2) is 8.42 Å². The van der Waals surface area contributed by atoms with E-state index in [-0.39, 0.29) is 10.9 Å². The molecule has 0 unspecified atom stereocenters. The Bertz CT molecular complexity index is 1140. The summed E-state index contributed by atoms with van der Waals surface area (Å²) >= 11 is 0. The average molecular weight is 629 g/mol. The van der Waals surface area contributed by atoms with E-state index < -0.39 is 15.6 Å². The van der Waals surface area contributed by atoms with Gasteiger partial charge in [-0.05, 0) is 92.1 Å². The van der Waals surface area contributed by atoms with Gasteiger partial charge in [-0.1, -0.05) is 40.0 Å². The summed E-state index contributed by atoms with van der Waals surface area (Å²) in [6, 6.07) is 25.7. The molecule has 0 aromatic heterocycles. The van der Waals surface area contributed by atoms with Gasteiger partial charge in [0.1, 0.15) is 17.2 Å². The summed E-state index contributed by atoms with van der Waals surface area (Å²) in [5, 5.41) is 0. The van der Waals surface area contributed by atoms with E-state index in [2.05, 4.69) is 93.6 Å². The van der Waals surface area contributed by atoms with Crippen LogP contribution < -0.4 is 14.2 Å². The molecule has 0 N–H and O–H groups in total.